The fourth-order valence-corrected chi connectivity index (χ4v) is 2.80. The first-order chi connectivity index (χ1) is 12.6. The maximum atomic E-state index is 12.4. The van der Waals surface area contributed by atoms with Crippen molar-refractivity contribution in [2.45, 2.75) is 12.8 Å². The van der Waals surface area contributed by atoms with Gasteiger partial charge >= 0.3 is 5.97 Å². The van der Waals surface area contributed by atoms with Crippen LogP contribution in [0, 0.1) is 0 Å². The Balaban J connectivity index is 1.75. The molecule has 0 saturated carbocycles. The summed E-state index contributed by atoms with van der Waals surface area (Å²) in [4.78, 5) is 42.4. The van der Waals surface area contributed by atoms with Crippen molar-refractivity contribution >= 4 is 23.5 Å². The van der Waals surface area contributed by atoms with Crippen LogP contribution in [0.25, 0.3) is 0 Å². The number of benzene rings is 1. The van der Waals surface area contributed by atoms with E-state index in [-0.39, 0.29) is 17.3 Å². The SMILES string of the molecule is COC(=O)c1cccc(NC(=O)c2cccc(C(=O)N3CCCC3)n2)c1. The lowest BCUT2D eigenvalue weighted by Gasteiger charge is -2.14. The van der Waals surface area contributed by atoms with Gasteiger partial charge in [-0.1, -0.05) is 12.1 Å². The number of methoxy groups -OCH3 is 1. The summed E-state index contributed by atoms with van der Waals surface area (Å²) in [5, 5.41) is 2.68. The van der Waals surface area contributed by atoms with Gasteiger partial charge in [-0.3, -0.25) is 9.59 Å². The Morgan fingerprint density at radius 2 is 1.73 bits per heavy atom. The lowest BCUT2D eigenvalue weighted by molar-refractivity contribution is 0.0600. The number of aromatic nitrogens is 1. The largest absolute Gasteiger partial charge is 0.465 e. The van der Waals surface area contributed by atoms with Crippen molar-refractivity contribution in [3.05, 3.63) is 59.4 Å². The number of ether oxygens (including phenoxy) is 1. The molecule has 0 radical (unpaired) electrons. The Morgan fingerprint density at radius 1 is 1.04 bits per heavy atom. The van der Waals surface area contributed by atoms with Gasteiger partial charge in [0.05, 0.1) is 12.7 Å². The van der Waals surface area contributed by atoms with Gasteiger partial charge in [0.15, 0.2) is 0 Å². The molecule has 1 aromatic carbocycles. The molecule has 0 aliphatic carbocycles. The summed E-state index contributed by atoms with van der Waals surface area (Å²) < 4.78 is 4.67. The standard InChI is InChI=1S/C19H19N3O4/c1-26-19(25)13-6-4-7-14(12-13)20-17(23)15-8-5-9-16(21-15)18(24)22-10-2-3-11-22/h4-9,12H,2-3,10-11H2,1H3,(H,20,23). The number of carbonyl (C=O) groups excluding carboxylic acids is 3. The number of nitrogens with zero attached hydrogens (tertiary/aromatic N) is 2. The highest BCUT2D eigenvalue weighted by Gasteiger charge is 2.21. The summed E-state index contributed by atoms with van der Waals surface area (Å²) in [5.74, 6) is -1.11. The third-order valence-corrected chi connectivity index (χ3v) is 4.14. The summed E-state index contributed by atoms with van der Waals surface area (Å²) in [6.07, 6.45) is 1.98. The van der Waals surface area contributed by atoms with E-state index < -0.39 is 11.9 Å². The van der Waals surface area contributed by atoms with Crippen LogP contribution >= 0.6 is 0 Å². The van der Waals surface area contributed by atoms with E-state index in [4.69, 9.17) is 0 Å². The van der Waals surface area contributed by atoms with E-state index in [0.29, 0.717) is 11.3 Å². The van der Waals surface area contributed by atoms with Gasteiger partial charge < -0.3 is 15.0 Å². The lowest BCUT2D eigenvalue weighted by Crippen LogP contribution is -2.29. The number of anilines is 1. The molecule has 1 fully saturated rings. The van der Waals surface area contributed by atoms with Gasteiger partial charge in [0.25, 0.3) is 11.8 Å². The van der Waals surface area contributed by atoms with E-state index in [9.17, 15) is 14.4 Å². The van der Waals surface area contributed by atoms with Crippen LogP contribution in [0.4, 0.5) is 5.69 Å². The van der Waals surface area contributed by atoms with E-state index >= 15 is 0 Å². The zero-order chi connectivity index (χ0) is 18.5. The molecule has 26 heavy (non-hydrogen) atoms. The van der Waals surface area contributed by atoms with Crippen molar-refractivity contribution in [1.29, 1.82) is 0 Å². The van der Waals surface area contributed by atoms with E-state index in [1.165, 1.54) is 13.2 Å². The van der Waals surface area contributed by atoms with Crippen LogP contribution in [-0.4, -0.2) is 47.9 Å². The molecule has 7 heteroatoms. The number of nitrogens with one attached hydrogen (secondary N) is 1. The fraction of sp³-hybridized carbons (Fsp3) is 0.263. The van der Waals surface area contributed by atoms with Crippen LogP contribution in [0.1, 0.15) is 44.2 Å². The average Bonchev–Trinajstić information content (AvgIpc) is 3.22. The van der Waals surface area contributed by atoms with Crippen LogP contribution < -0.4 is 5.32 Å². The predicted octanol–water partition coefficient (Wildman–Crippen LogP) is 2.36. The number of likely N-dealkylation sites (tertiary alicyclic amines) is 1. The minimum atomic E-state index is -0.488. The monoisotopic (exact) mass is 353 g/mol. The minimum Gasteiger partial charge on any atom is -0.465 e. The van der Waals surface area contributed by atoms with Crippen LogP contribution in [0.3, 0.4) is 0 Å². The zero-order valence-electron chi connectivity index (χ0n) is 14.4. The van der Waals surface area contributed by atoms with Gasteiger partial charge in [-0.25, -0.2) is 9.78 Å². The van der Waals surface area contributed by atoms with Crippen molar-refractivity contribution in [3.8, 4) is 0 Å². The van der Waals surface area contributed by atoms with Gasteiger partial charge in [-0.05, 0) is 43.2 Å². The summed E-state index contributed by atoms with van der Waals surface area (Å²) in [6.45, 7) is 1.44. The highest BCUT2D eigenvalue weighted by atomic mass is 16.5. The molecular weight excluding hydrogens is 334 g/mol. The topological polar surface area (TPSA) is 88.6 Å². The van der Waals surface area contributed by atoms with Crippen molar-refractivity contribution in [2.75, 3.05) is 25.5 Å². The first kappa shape index (κ1) is 17.6. The first-order valence-corrected chi connectivity index (χ1v) is 8.34. The number of hydrogen-bond donors (Lipinski definition) is 1. The van der Waals surface area contributed by atoms with Gasteiger partial charge in [0.1, 0.15) is 11.4 Å². The first-order valence-electron chi connectivity index (χ1n) is 8.34. The number of amides is 2. The average molecular weight is 353 g/mol. The van der Waals surface area contributed by atoms with Crippen LogP contribution in [0.2, 0.25) is 0 Å². The fourth-order valence-electron chi connectivity index (χ4n) is 2.80. The molecule has 134 valence electrons. The zero-order valence-corrected chi connectivity index (χ0v) is 14.4. The Kier molecular flexibility index (Phi) is 5.26. The summed E-state index contributed by atoms with van der Waals surface area (Å²) >= 11 is 0. The van der Waals surface area contributed by atoms with E-state index in [0.717, 1.165) is 25.9 Å². The quantitative estimate of drug-likeness (QED) is 0.853. The van der Waals surface area contributed by atoms with Crippen molar-refractivity contribution in [2.24, 2.45) is 0 Å². The third kappa shape index (κ3) is 3.88. The number of carbonyl (C=O) groups is 3. The second kappa shape index (κ2) is 7.77. The predicted molar refractivity (Wildman–Crippen MR) is 95.1 cm³/mol. The van der Waals surface area contributed by atoms with Gasteiger partial charge in [0.2, 0.25) is 0 Å². The Hall–Kier alpha value is -3.22. The highest BCUT2D eigenvalue weighted by Crippen LogP contribution is 2.14. The molecule has 1 aliphatic heterocycles. The smallest absolute Gasteiger partial charge is 0.337 e. The van der Waals surface area contributed by atoms with E-state index in [1.54, 1.807) is 41.3 Å². The number of pyridine rings is 1. The molecule has 1 saturated heterocycles. The number of hydrogen-bond acceptors (Lipinski definition) is 5. The summed E-state index contributed by atoms with van der Waals surface area (Å²) in [5.41, 5.74) is 1.16. The second-order valence-corrected chi connectivity index (χ2v) is 5.93. The maximum absolute atomic E-state index is 12.4. The molecule has 0 unspecified atom stereocenters. The van der Waals surface area contributed by atoms with Crippen molar-refractivity contribution in [3.63, 3.8) is 0 Å². The molecule has 3 rings (SSSR count). The molecule has 0 spiro atoms. The number of esters is 1. The van der Waals surface area contributed by atoms with Gasteiger partial charge in [0, 0.05) is 18.8 Å². The molecule has 7 nitrogen and oxygen atoms in total. The highest BCUT2D eigenvalue weighted by molar-refractivity contribution is 6.04. The number of rotatable bonds is 4. The molecule has 1 aromatic heterocycles. The van der Waals surface area contributed by atoms with Gasteiger partial charge in [-0.2, -0.15) is 0 Å². The Bertz CT molecular complexity index is 844. The van der Waals surface area contributed by atoms with Crippen molar-refractivity contribution in [1.82, 2.24) is 9.88 Å². The Morgan fingerprint density at radius 3 is 2.46 bits per heavy atom. The van der Waals surface area contributed by atoms with E-state index in [2.05, 4.69) is 15.0 Å². The Labute approximate surface area is 151 Å². The molecule has 2 heterocycles. The molecular formula is C19H19N3O4. The summed E-state index contributed by atoms with van der Waals surface area (Å²) in [6, 6.07) is 11.2. The molecule has 2 amide bonds. The van der Waals surface area contributed by atoms with Crippen molar-refractivity contribution < 1.29 is 19.1 Å². The molecule has 1 N–H and O–H groups in total. The molecule has 2 aromatic rings. The van der Waals surface area contributed by atoms with Crippen LogP contribution in [0.5, 0.6) is 0 Å². The van der Waals surface area contributed by atoms with Crippen LogP contribution in [-0.2, 0) is 4.74 Å². The molecule has 0 bridgehead atoms. The normalized spacial score (nSPS) is 13.3. The second-order valence-electron chi connectivity index (χ2n) is 5.93. The lowest BCUT2D eigenvalue weighted by atomic mass is 10.2. The van der Waals surface area contributed by atoms with E-state index in [1.807, 2.05) is 0 Å². The molecule has 1 aliphatic rings. The molecule has 0 atom stereocenters. The minimum absolute atomic E-state index is 0.138. The third-order valence-electron chi connectivity index (χ3n) is 4.14. The summed E-state index contributed by atoms with van der Waals surface area (Å²) in [7, 11) is 1.29. The van der Waals surface area contributed by atoms with Gasteiger partial charge in [-0.15, -0.1) is 0 Å². The van der Waals surface area contributed by atoms with Crippen LogP contribution in [0.15, 0.2) is 42.5 Å². The maximum Gasteiger partial charge on any atom is 0.337 e.